The maximum absolute atomic E-state index is 13.5. The highest BCUT2D eigenvalue weighted by Gasteiger charge is 2.17. The second kappa shape index (κ2) is 6.03. The predicted molar refractivity (Wildman–Crippen MR) is 76.6 cm³/mol. The second-order valence-corrected chi connectivity index (χ2v) is 6.78. The van der Waals surface area contributed by atoms with Crippen molar-refractivity contribution < 1.29 is 12.8 Å². The average molecular weight is 298 g/mol. The Morgan fingerprint density at radius 2 is 1.95 bits per heavy atom. The first-order valence-electron chi connectivity index (χ1n) is 6.55. The maximum atomic E-state index is 13.5. The minimum absolute atomic E-state index is 0.114. The third-order valence-electron chi connectivity index (χ3n) is 3.37. The van der Waals surface area contributed by atoms with Crippen molar-refractivity contribution in [3.8, 4) is 0 Å². The second-order valence-electron chi connectivity index (χ2n) is 5.01. The molecule has 1 aromatic carbocycles. The highest BCUT2D eigenvalue weighted by atomic mass is 32.2. The molecule has 2 N–H and O–H groups in total. The Labute approximate surface area is 119 Å². The summed E-state index contributed by atoms with van der Waals surface area (Å²) in [5.41, 5.74) is 1.75. The summed E-state index contributed by atoms with van der Waals surface area (Å²) < 4.78 is 40.5. The maximum Gasteiger partial charge on any atom is 0.240 e. The van der Waals surface area contributed by atoms with Crippen LogP contribution in [0, 0.1) is 19.7 Å². The quantitative estimate of drug-likeness (QED) is 0.831. The van der Waals surface area contributed by atoms with Crippen LogP contribution >= 0.6 is 0 Å². The summed E-state index contributed by atoms with van der Waals surface area (Å²) in [4.78, 5) is 0.114. The number of sulfonamides is 1. The zero-order valence-corrected chi connectivity index (χ0v) is 12.5. The Morgan fingerprint density at radius 1 is 1.30 bits per heavy atom. The molecule has 0 spiro atoms. The fourth-order valence-corrected chi connectivity index (χ4v) is 3.37. The van der Waals surface area contributed by atoms with Gasteiger partial charge in [0.2, 0.25) is 10.0 Å². The highest BCUT2D eigenvalue weighted by Crippen LogP contribution is 2.18. The number of halogens is 1. The molecule has 0 fully saturated rings. The van der Waals surface area contributed by atoms with Crippen molar-refractivity contribution in [2.24, 2.45) is 0 Å². The minimum atomic E-state index is -3.60. The number of hydrogen-bond acceptors (Lipinski definition) is 3. The SMILES string of the molecule is Cc1cc(S(=O)(=O)NCC2=CCNCC2)cc(C)c1F. The largest absolute Gasteiger partial charge is 0.313 e. The third-order valence-corrected chi connectivity index (χ3v) is 4.75. The molecule has 4 nitrogen and oxygen atoms in total. The summed E-state index contributed by atoms with van der Waals surface area (Å²) >= 11 is 0. The van der Waals surface area contributed by atoms with Gasteiger partial charge in [0, 0.05) is 13.1 Å². The third kappa shape index (κ3) is 3.45. The lowest BCUT2D eigenvalue weighted by Crippen LogP contribution is -2.29. The van der Waals surface area contributed by atoms with Gasteiger partial charge in [0.1, 0.15) is 5.82 Å². The van der Waals surface area contributed by atoms with Crippen LogP contribution in [0.15, 0.2) is 28.7 Å². The zero-order chi connectivity index (χ0) is 14.8. The van der Waals surface area contributed by atoms with Crippen molar-refractivity contribution in [3.63, 3.8) is 0 Å². The molecule has 0 amide bonds. The van der Waals surface area contributed by atoms with E-state index in [0.717, 1.165) is 25.1 Å². The van der Waals surface area contributed by atoms with Crippen LogP contribution in [0.1, 0.15) is 17.5 Å². The van der Waals surface area contributed by atoms with Crippen LogP contribution in [0.5, 0.6) is 0 Å². The Kier molecular flexibility index (Phi) is 4.57. The van der Waals surface area contributed by atoms with Crippen LogP contribution in [-0.2, 0) is 10.0 Å². The van der Waals surface area contributed by atoms with E-state index in [1.807, 2.05) is 6.08 Å². The number of benzene rings is 1. The summed E-state index contributed by atoms with van der Waals surface area (Å²) in [7, 11) is -3.60. The van der Waals surface area contributed by atoms with Gasteiger partial charge >= 0.3 is 0 Å². The van der Waals surface area contributed by atoms with E-state index < -0.39 is 10.0 Å². The van der Waals surface area contributed by atoms with Crippen LogP contribution in [-0.4, -0.2) is 28.1 Å². The van der Waals surface area contributed by atoms with E-state index in [4.69, 9.17) is 0 Å². The van der Waals surface area contributed by atoms with Gasteiger partial charge in [0.05, 0.1) is 4.90 Å². The van der Waals surface area contributed by atoms with E-state index in [2.05, 4.69) is 10.0 Å². The number of aryl methyl sites for hydroxylation is 2. The summed E-state index contributed by atoms with van der Waals surface area (Å²) in [5.74, 6) is -0.356. The lowest BCUT2D eigenvalue weighted by atomic mass is 10.1. The molecule has 1 aliphatic heterocycles. The van der Waals surface area contributed by atoms with Gasteiger partial charge in [-0.15, -0.1) is 0 Å². The van der Waals surface area contributed by atoms with E-state index in [0.29, 0.717) is 17.7 Å². The van der Waals surface area contributed by atoms with E-state index in [-0.39, 0.29) is 10.7 Å². The molecule has 0 unspecified atom stereocenters. The molecule has 0 bridgehead atoms. The molecule has 1 heterocycles. The lowest BCUT2D eigenvalue weighted by molar-refractivity contribution is 0.579. The Hall–Kier alpha value is -1.24. The van der Waals surface area contributed by atoms with Gasteiger partial charge in [-0.25, -0.2) is 17.5 Å². The van der Waals surface area contributed by atoms with Crippen LogP contribution in [0.4, 0.5) is 4.39 Å². The van der Waals surface area contributed by atoms with E-state index in [1.165, 1.54) is 12.1 Å². The summed E-state index contributed by atoms with van der Waals surface area (Å²) in [6.45, 7) is 5.07. The van der Waals surface area contributed by atoms with Crippen LogP contribution in [0.25, 0.3) is 0 Å². The van der Waals surface area contributed by atoms with Crippen molar-refractivity contribution in [1.29, 1.82) is 0 Å². The Bertz CT molecular complexity index is 616. The van der Waals surface area contributed by atoms with Crippen LogP contribution < -0.4 is 10.0 Å². The first kappa shape index (κ1) is 15.2. The number of hydrogen-bond donors (Lipinski definition) is 2. The molecule has 0 aliphatic carbocycles. The molecule has 0 aromatic heterocycles. The molecule has 0 radical (unpaired) electrons. The topological polar surface area (TPSA) is 58.2 Å². The molecule has 0 saturated carbocycles. The molecule has 20 heavy (non-hydrogen) atoms. The van der Waals surface area contributed by atoms with E-state index in [1.54, 1.807) is 13.8 Å². The van der Waals surface area contributed by atoms with Gasteiger partial charge in [-0.05, 0) is 50.1 Å². The Balaban J connectivity index is 2.16. The van der Waals surface area contributed by atoms with Crippen LogP contribution in [0.2, 0.25) is 0 Å². The molecule has 1 aromatic rings. The summed E-state index contributed by atoms with van der Waals surface area (Å²) in [6, 6.07) is 2.73. The highest BCUT2D eigenvalue weighted by molar-refractivity contribution is 7.89. The average Bonchev–Trinajstić information content (AvgIpc) is 2.43. The lowest BCUT2D eigenvalue weighted by Gasteiger charge is -2.15. The van der Waals surface area contributed by atoms with Gasteiger partial charge in [-0.1, -0.05) is 11.6 Å². The first-order chi connectivity index (χ1) is 9.40. The van der Waals surface area contributed by atoms with Crippen molar-refractivity contribution in [2.45, 2.75) is 25.2 Å². The molecular weight excluding hydrogens is 279 g/mol. The zero-order valence-electron chi connectivity index (χ0n) is 11.7. The van der Waals surface area contributed by atoms with Gasteiger partial charge < -0.3 is 5.32 Å². The normalized spacial score (nSPS) is 16.1. The standard InChI is InChI=1S/C14H19FN2O2S/c1-10-7-13(8-11(2)14(10)15)20(18,19)17-9-12-3-5-16-6-4-12/h3,7-8,16-17H,4-6,9H2,1-2H3. The molecule has 0 atom stereocenters. The van der Waals surface area contributed by atoms with Crippen molar-refractivity contribution in [1.82, 2.24) is 10.0 Å². The van der Waals surface area contributed by atoms with E-state index in [9.17, 15) is 12.8 Å². The molecule has 2 rings (SSSR count). The predicted octanol–water partition coefficient (Wildman–Crippen LogP) is 1.64. The molecule has 1 aliphatic rings. The van der Waals surface area contributed by atoms with Gasteiger partial charge in [0.25, 0.3) is 0 Å². The number of nitrogens with one attached hydrogen (secondary N) is 2. The smallest absolute Gasteiger partial charge is 0.240 e. The first-order valence-corrected chi connectivity index (χ1v) is 8.03. The molecule has 110 valence electrons. The van der Waals surface area contributed by atoms with Gasteiger partial charge in [0.15, 0.2) is 0 Å². The van der Waals surface area contributed by atoms with Crippen molar-refractivity contribution in [3.05, 3.63) is 40.7 Å². The molecule has 0 saturated heterocycles. The summed E-state index contributed by atoms with van der Waals surface area (Å²) in [6.07, 6.45) is 2.83. The minimum Gasteiger partial charge on any atom is -0.313 e. The van der Waals surface area contributed by atoms with Crippen molar-refractivity contribution >= 4 is 10.0 Å². The van der Waals surface area contributed by atoms with E-state index >= 15 is 0 Å². The van der Waals surface area contributed by atoms with Crippen LogP contribution in [0.3, 0.4) is 0 Å². The van der Waals surface area contributed by atoms with Gasteiger partial charge in [-0.3, -0.25) is 0 Å². The number of rotatable bonds is 4. The fraction of sp³-hybridized carbons (Fsp3) is 0.429. The van der Waals surface area contributed by atoms with Crippen molar-refractivity contribution in [2.75, 3.05) is 19.6 Å². The Morgan fingerprint density at radius 3 is 2.50 bits per heavy atom. The molecular formula is C14H19FN2O2S. The summed E-state index contributed by atoms with van der Waals surface area (Å²) in [5, 5.41) is 3.17. The molecule has 6 heteroatoms. The van der Waals surface area contributed by atoms with Gasteiger partial charge in [-0.2, -0.15) is 0 Å². The fourth-order valence-electron chi connectivity index (χ4n) is 2.16. The monoisotopic (exact) mass is 298 g/mol.